The Morgan fingerprint density at radius 2 is 1.83 bits per heavy atom. The number of anilines is 1. The number of thiophene rings is 1. The highest BCUT2D eigenvalue weighted by molar-refractivity contribution is 7.25. The van der Waals surface area contributed by atoms with Crippen LogP contribution in [0.5, 0.6) is 11.5 Å². The van der Waals surface area contributed by atoms with Crippen molar-refractivity contribution >= 4 is 37.5 Å². The lowest BCUT2D eigenvalue weighted by molar-refractivity contribution is 0.174. The third kappa shape index (κ3) is 3.16. The van der Waals surface area contributed by atoms with Gasteiger partial charge in [-0.3, -0.25) is 0 Å². The van der Waals surface area contributed by atoms with Crippen LogP contribution in [-0.2, 0) is 6.54 Å². The summed E-state index contributed by atoms with van der Waals surface area (Å²) in [6, 6.07) is 14.6. The molecular weight excluding hydrogens is 394 g/mol. The van der Waals surface area contributed by atoms with Crippen LogP contribution in [0.4, 0.5) is 5.82 Å². The summed E-state index contributed by atoms with van der Waals surface area (Å²) in [6.45, 7) is 0.974. The molecule has 0 bridgehead atoms. The molecule has 0 unspecified atom stereocenters. The van der Waals surface area contributed by atoms with Crippen molar-refractivity contribution in [2.45, 2.75) is 44.6 Å². The smallest absolute Gasteiger partial charge is 0.231 e. The maximum atomic E-state index is 5.53. The summed E-state index contributed by atoms with van der Waals surface area (Å²) < 4.78 is 12.2. The van der Waals surface area contributed by atoms with E-state index in [-0.39, 0.29) is 0 Å². The molecule has 0 amide bonds. The molecule has 6 rings (SSSR count). The first-order valence-corrected chi connectivity index (χ1v) is 11.5. The van der Waals surface area contributed by atoms with E-state index in [2.05, 4.69) is 35.6 Å². The van der Waals surface area contributed by atoms with Gasteiger partial charge >= 0.3 is 0 Å². The minimum Gasteiger partial charge on any atom is -0.454 e. The number of rotatable bonds is 4. The van der Waals surface area contributed by atoms with Crippen LogP contribution in [0, 0.1) is 0 Å². The summed E-state index contributed by atoms with van der Waals surface area (Å²) in [6.07, 6.45) is 6.27. The number of ether oxygens (including phenoxy) is 2. The second kappa shape index (κ2) is 7.43. The van der Waals surface area contributed by atoms with Crippen molar-refractivity contribution in [1.29, 1.82) is 0 Å². The molecule has 0 saturated heterocycles. The van der Waals surface area contributed by atoms with Gasteiger partial charge in [-0.2, -0.15) is 0 Å². The summed E-state index contributed by atoms with van der Waals surface area (Å²) in [5.74, 6) is 4.04. The molecule has 4 aromatic rings. The summed E-state index contributed by atoms with van der Waals surface area (Å²) in [5, 5.41) is 5.97. The lowest BCUT2D eigenvalue weighted by Crippen LogP contribution is -2.11. The molecule has 1 fully saturated rings. The van der Waals surface area contributed by atoms with Crippen molar-refractivity contribution in [3.8, 4) is 11.5 Å². The lowest BCUT2D eigenvalue weighted by Gasteiger charge is -2.21. The molecule has 0 atom stereocenters. The van der Waals surface area contributed by atoms with E-state index in [9.17, 15) is 0 Å². The summed E-state index contributed by atoms with van der Waals surface area (Å²) in [7, 11) is 0. The van der Waals surface area contributed by atoms with E-state index in [1.54, 1.807) is 11.3 Å². The Bertz CT molecular complexity index is 1230. The van der Waals surface area contributed by atoms with Crippen molar-refractivity contribution < 1.29 is 9.47 Å². The van der Waals surface area contributed by atoms with Gasteiger partial charge in [-0.15, -0.1) is 11.3 Å². The van der Waals surface area contributed by atoms with E-state index < -0.39 is 0 Å². The molecule has 3 heterocycles. The summed E-state index contributed by atoms with van der Waals surface area (Å²) in [5.41, 5.74) is 1.14. The van der Waals surface area contributed by atoms with Gasteiger partial charge in [0.05, 0.1) is 5.39 Å². The summed E-state index contributed by atoms with van der Waals surface area (Å²) >= 11 is 1.76. The minimum absolute atomic E-state index is 0.296. The largest absolute Gasteiger partial charge is 0.454 e. The van der Waals surface area contributed by atoms with Crippen molar-refractivity contribution in [2.24, 2.45) is 0 Å². The molecule has 1 N–H and O–H groups in total. The van der Waals surface area contributed by atoms with Crippen LogP contribution in [0.2, 0.25) is 0 Å². The van der Waals surface area contributed by atoms with E-state index in [1.165, 1.54) is 42.2 Å². The first kappa shape index (κ1) is 18.0. The predicted molar refractivity (Wildman–Crippen MR) is 121 cm³/mol. The zero-order valence-electron chi connectivity index (χ0n) is 16.7. The highest BCUT2D eigenvalue weighted by atomic mass is 32.1. The Labute approximate surface area is 179 Å². The van der Waals surface area contributed by atoms with Gasteiger partial charge in [-0.25, -0.2) is 9.97 Å². The first-order chi connectivity index (χ1) is 14.8. The average Bonchev–Trinajstić information content (AvgIpc) is 3.41. The van der Waals surface area contributed by atoms with E-state index in [0.29, 0.717) is 19.3 Å². The van der Waals surface area contributed by atoms with Crippen LogP contribution < -0.4 is 14.8 Å². The second-order valence-corrected chi connectivity index (χ2v) is 9.12. The molecule has 30 heavy (non-hydrogen) atoms. The third-order valence-corrected chi connectivity index (χ3v) is 7.19. The van der Waals surface area contributed by atoms with Crippen molar-refractivity contribution in [3.05, 3.63) is 53.9 Å². The number of nitrogens with one attached hydrogen (secondary N) is 1. The van der Waals surface area contributed by atoms with Gasteiger partial charge in [0.1, 0.15) is 16.5 Å². The van der Waals surface area contributed by atoms with Gasteiger partial charge in [-0.05, 0) is 36.6 Å². The Kier molecular flexibility index (Phi) is 4.45. The van der Waals surface area contributed by atoms with Gasteiger partial charge in [0.2, 0.25) is 6.79 Å². The quantitative estimate of drug-likeness (QED) is 0.426. The fraction of sp³-hybridized carbons (Fsp3) is 0.333. The first-order valence-electron chi connectivity index (χ1n) is 10.7. The number of nitrogens with zero attached hydrogens (tertiary/aromatic N) is 2. The molecule has 2 aliphatic rings. The van der Waals surface area contributed by atoms with Gasteiger partial charge in [0.15, 0.2) is 11.5 Å². The number of benzene rings is 2. The van der Waals surface area contributed by atoms with Crippen LogP contribution >= 0.6 is 11.3 Å². The third-order valence-electron chi connectivity index (χ3n) is 6.12. The van der Waals surface area contributed by atoms with E-state index in [4.69, 9.17) is 19.4 Å². The zero-order valence-corrected chi connectivity index (χ0v) is 17.5. The maximum absolute atomic E-state index is 5.53. The maximum Gasteiger partial charge on any atom is 0.231 e. The molecule has 0 spiro atoms. The predicted octanol–water partition coefficient (Wildman–Crippen LogP) is 6.23. The average molecular weight is 418 g/mol. The highest BCUT2D eigenvalue weighted by Crippen LogP contribution is 2.39. The molecule has 0 radical (unpaired) electrons. The van der Waals surface area contributed by atoms with E-state index in [0.717, 1.165) is 38.9 Å². The standard InChI is InChI=1S/C24H23N3O2S/c1-2-6-16(7-3-1)22-26-23(21-17-8-4-5-9-20(17)30-24(21)27-22)25-13-15-10-11-18-19(12-15)29-14-28-18/h4-5,8-12,16H,1-3,6-7,13-14H2,(H,25,26,27). The molecule has 152 valence electrons. The van der Waals surface area contributed by atoms with Crippen molar-refractivity contribution in [3.63, 3.8) is 0 Å². The Hall–Kier alpha value is -2.86. The Morgan fingerprint density at radius 3 is 2.77 bits per heavy atom. The topological polar surface area (TPSA) is 56.3 Å². The Balaban J connectivity index is 1.40. The number of fused-ring (bicyclic) bond motifs is 4. The molecule has 6 heteroatoms. The molecule has 5 nitrogen and oxygen atoms in total. The van der Waals surface area contributed by atoms with Gasteiger partial charge in [0.25, 0.3) is 0 Å². The van der Waals surface area contributed by atoms with Gasteiger partial charge < -0.3 is 14.8 Å². The van der Waals surface area contributed by atoms with Crippen LogP contribution in [0.1, 0.15) is 49.4 Å². The fourth-order valence-corrected chi connectivity index (χ4v) is 5.63. The lowest BCUT2D eigenvalue weighted by atomic mass is 9.88. The van der Waals surface area contributed by atoms with Crippen LogP contribution in [0.15, 0.2) is 42.5 Å². The second-order valence-electron chi connectivity index (χ2n) is 8.08. The molecule has 2 aromatic heterocycles. The van der Waals surface area contributed by atoms with Gasteiger partial charge in [0, 0.05) is 22.5 Å². The Morgan fingerprint density at radius 1 is 0.967 bits per heavy atom. The molecule has 1 aliphatic carbocycles. The number of aromatic nitrogens is 2. The number of hydrogen-bond donors (Lipinski definition) is 1. The van der Waals surface area contributed by atoms with Gasteiger partial charge in [-0.1, -0.05) is 43.5 Å². The van der Waals surface area contributed by atoms with E-state index >= 15 is 0 Å². The van der Waals surface area contributed by atoms with Crippen LogP contribution in [0.3, 0.4) is 0 Å². The number of hydrogen-bond acceptors (Lipinski definition) is 6. The molecular formula is C24H23N3O2S. The molecule has 2 aromatic carbocycles. The van der Waals surface area contributed by atoms with E-state index in [1.807, 2.05) is 12.1 Å². The summed E-state index contributed by atoms with van der Waals surface area (Å²) in [4.78, 5) is 11.2. The van der Waals surface area contributed by atoms with Crippen molar-refractivity contribution in [1.82, 2.24) is 9.97 Å². The van der Waals surface area contributed by atoms with Crippen LogP contribution in [-0.4, -0.2) is 16.8 Å². The SMILES string of the molecule is c1ccc2c(c1)sc1nc(C3CCCCC3)nc(NCc3ccc4c(c3)OCO4)c12. The molecule has 1 aliphatic heterocycles. The fourth-order valence-electron chi connectivity index (χ4n) is 4.55. The minimum atomic E-state index is 0.296. The monoisotopic (exact) mass is 417 g/mol. The zero-order chi connectivity index (χ0) is 19.9. The highest BCUT2D eigenvalue weighted by Gasteiger charge is 2.22. The normalized spacial score (nSPS) is 16.4. The van der Waals surface area contributed by atoms with Crippen molar-refractivity contribution in [2.75, 3.05) is 12.1 Å². The van der Waals surface area contributed by atoms with Crippen LogP contribution in [0.25, 0.3) is 20.3 Å². The molecule has 1 saturated carbocycles.